The van der Waals surface area contributed by atoms with Crippen LogP contribution in [0.5, 0.6) is 0 Å². The topological polar surface area (TPSA) is 63.4 Å². The molecule has 1 fully saturated rings. The zero-order valence-corrected chi connectivity index (χ0v) is 15.5. The molecule has 1 saturated heterocycles. The van der Waals surface area contributed by atoms with Crippen molar-refractivity contribution in [1.82, 2.24) is 4.90 Å². The van der Waals surface area contributed by atoms with Gasteiger partial charge in [-0.15, -0.1) is 0 Å². The fraction of sp³-hybridized carbons (Fsp3) is 0.895. The van der Waals surface area contributed by atoms with Gasteiger partial charge in [-0.2, -0.15) is 0 Å². The molecular weight excluding hydrogens is 288 g/mol. The molecule has 0 spiro atoms. The van der Waals surface area contributed by atoms with Crippen molar-refractivity contribution in [2.75, 3.05) is 13.1 Å². The molecule has 1 heterocycles. The van der Waals surface area contributed by atoms with Gasteiger partial charge in [-0.25, -0.2) is 0 Å². The Kier molecular flexibility index (Phi) is 8.64. The maximum absolute atomic E-state index is 13.0. The average molecular weight is 325 g/mol. The quantitative estimate of drug-likeness (QED) is 0.704. The number of piperidine rings is 1. The summed E-state index contributed by atoms with van der Waals surface area (Å²) < 4.78 is 0. The lowest BCUT2D eigenvalue weighted by molar-refractivity contribution is -0.143. The molecule has 1 rings (SSSR count). The SMILES string of the molecule is CCCC1CCN(C(=O)[C@H](CC(C)C)[C@H](CCC)C(N)=O)CC1. The third-order valence-corrected chi connectivity index (χ3v) is 5.12. The average Bonchev–Trinajstić information content (AvgIpc) is 2.50. The third kappa shape index (κ3) is 6.15. The Labute approximate surface area is 142 Å². The number of nitrogens with zero attached hydrogens (tertiary/aromatic N) is 1. The van der Waals surface area contributed by atoms with Gasteiger partial charge in [-0.3, -0.25) is 9.59 Å². The van der Waals surface area contributed by atoms with Crippen LogP contribution in [0.25, 0.3) is 0 Å². The zero-order valence-electron chi connectivity index (χ0n) is 15.5. The molecule has 2 atom stereocenters. The lowest BCUT2D eigenvalue weighted by atomic mass is 9.80. The van der Waals surface area contributed by atoms with Crippen molar-refractivity contribution < 1.29 is 9.59 Å². The highest BCUT2D eigenvalue weighted by Gasteiger charge is 2.36. The minimum absolute atomic E-state index is 0.158. The van der Waals surface area contributed by atoms with Crippen LogP contribution < -0.4 is 5.73 Å². The summed E-state index contributed by atoms with van der Waals surface area (Å²) in [5, 5.41) is 0. The van der Waals surface area contributed by atoms with Crippen molar-refractivity contribution in [1.29, 1.82) is 0 Å². The normalized spacial score (nSPS) is 18.9. The second-order valence-electron chi connectivity index (χ2n) is 7.59. The van der Waals surface area contributed by atoms with Crippen LogP contribution in [0.3, 0.4) is 0 Å². The van der Waals surface area contributed by atoms with E-state index >= 15 is 0 Å². The summed E-state index contributed by atoms with van der Waals surface area (Å²) in [7, 11) is 0. The van der Waals surface area contributed by atoms with Crippen LogP contribution in [0.1, 0.15) is 72.6 Å². The highest BCUT2D eigenvalue weighted by atomic mass is 16.2. The number of hydrogen-bond donors (Lipinski definition) is 1. The van der Waals surface area contributed by atoms with Crippen molar-refractivity contribution in [3.63, 3.8) is 0 Å². The summed E-state index contributed by atoms with van der Waals surface area (Å²) in [4.78, 5) is 26.9. The Balaban J connectivity index is 2.77. The number of rotatable bonds is 9. The van der Waals surface area contributed by atoms with E-state index in [1.54, 1.807) is 0 Å². The highest BCUT2D eigenvalue weighted by molar-refractivity contribution is 5.87. The van der Waals surface area contributed by atoms with Gasteiger partial charge < -0.3 is 10.6 Å². The van der Waals surface area contributed by atoms with Crippen molar-refractivity contribution in [2.24, 2.45) is 29.4 Å². The number of hydrogen-bond acceptors (Lipinski definition) is 2. The molecular formula is C19H36N2O2. The molecule has 0 radical (unpaired) electrons. The van der Waals surface area contributed by atoms with Crippen LogP contribution in [-0.4, -0.2) is 29.8 Å². The van der Waals surface area contributed by atoms with E-state index in [1.807, 2.05) is 11.8 Å². The van der Waals surface area contributed by atoms with E-state index in [9.17, 15) is 9.59 Å². The summed E-state index contributed by atoms with van der Waals surface area (Å²) >= 11 is 0. The van der Waals surface area contributed by atoms with Crippen LogP contribution in [-0.2, 0) is 9.59 Å². The predicted octanol–water partition coefficient (Wildman–Crippen LogP) is 3.59. The fourth-order valence-electron chi connectivity index (χ4n) is 3.88. The van der Waals surface area contributed by atoms with Crippen LogP contribution in [0, 0.1) is 23.7 Å². The first-order valence-corrected chi connectivity index (χ1v) is 9.48. The van der Waals surface area contributed by atoms with E-state index in [-0.39, 0.29) is 23.7 Å². The molecule has 1 aliphatic rings. The molecule has 0 aromatic heterocycles. The molecule has 0 saturated carbocycles. The molecule has 2 N–H and O–H groups in total. The summed E-state index contributed by atoms with van der Waals surface area (Å²) in [5.41, 5.74) is 5.62. The second kappa shape index (κ2) is 9.94. The number of amides is 2. The standard InChI is InChI=1S/C19H36N2O2/c1-5-7-15-9-11-21(12-10-15)19(23)17(13-14(3)4)16(8-6-2)18(20)22/h14-17H,5-13H2,1-4H3,(H2,20,22)/t16-,17+/m0/s1. The van der Waals surface area contributed by atoms with Gasteiger partial charge in [0, 0.05) is 24.9 Å². The Morgan fingerprint density at radius 2 is 1.70 bits per heavy atom. The lowest BCUT2D eigenvalue weighted by Gasteiger charge is -2.36. The summed E-state index contributed by atoms with van der Waals surface area (Å²) in [6, 6.07) is 0. The number of carbonyl (C=O) groups excluding carboxylic acids is 2. The summed E-state index contributed by atoms with van der Waals surface area (Å²) in [6.45, 7) is 10.2. The van der Waals surface area contributed by atoms with Crippen LogP contribution in [0.15, 0.2) is 0 Å². The maximum atomic E-state index is 13.0. The predicted molar refractivity (Wildman–Crippen MR) is 94.7 cm³/mol. The van der Waals surface area contributed by atoms with Crippen LogP contribution >= 0.6 is 0 Å². The molecule has 4 nitrogen and oxygen atoms in total. The highest BCUT2D eigenvalue weighted by Crippen LogP contribution is 2.29. The Bertz CT molecular complexity index is 374. The Morgan fingerprint density at radius 1 is 1.09 bits per heavy atom. The summed E-state index contributed by atoms with van der Waals surface area (Å²) in [5.74, 6) is 0.437. The largest absolute Gasteiger partial charge is 0.369 e. The third-order valence-electron chi connectivity index (χ3n) is 5.12. The van der Waals surface area contributed by atoms with E-state index in [0.717, 1.165) is 44.7 Å². The smallest absolute Gasteiger partial charge is 0.226 e. The van der Waals surface area contributed by atoms with Crippen molar-refractivity contribution >= 4 is 11.8 Å². The molecule has 4 heteroatoms. The lowest BCUT2D eigenvalue weighted by Crippen LogP contribution is -2.46. The number of primary amides is 1. The zero-order chi connectivity index (χ0) is 17.4. The van der Waals surface area contributed by atoms with Gasteiger partial charge >= 0.3 is 0 Å². The molecule has 134 valence electrons. The Morgan fingerprint density at radius 3 is 2.13 bits per heavy atom. The van der Waals surface area contributed by atoms with Crippen molar-refractivity contribution in [3.05, 3.63) is 0 Å². The first-order chi connectivity index (χ1) is 10.9. The van der Waals surface area contributed by atoms with Crippen LogP contribution in [0.4, 0.5) is 0 Å². The van der Waals surface area contributed by atoms with E-state index in [4.69, 9.17) is 5.73 Å². The van der Waals surface area contributed by atoms with Crippen molar-refractivity contribution in [3.8, 4) is 0 Å². The van der Waals surface area contributed by atoms with Crippen molar-refractivity contribution in [2.45, 2.75) is 72.6 Å². The van der Waals surface area contributed by atoms with Crippen LogP contribution in [0.2, 0.25) is 0 Å². The number of carbonyl (C=O) groups is 2. The molecule has 23 heavy (non-hydrogen) atoms. The van der Waals surface area contributed by atoms with E-state index in [1.165, 1.54) is 12.8 Å². The van der Waals surface area contributed by atoms with Gasteiger partial charge in [0.1, 0.15) is 0 Å². The summed E-state index contributed by atoms with van der Waals surface area (Å²) in [6.07, 6.45) is 7.03. The van der Waals surface area contributed by atoms with Gasteiger partial charge in [0.2, 0.25) is 11.8 Å². The van der Waals surface area contributed by atoms with Gasteiger partial charge in [0.15, 0.2) is 0 Å². The Hall–Kier alpha value is -1.06. The number of nitrogens with two attached hydrogens (primary N) is 1. The van der Waals surface area contributed by atoms with Gasteiger partial charge in [-0.1, -0.05) is 47.0 Å². The molecule has 2 amide bonds. The van der Waals surface area contributed by atoms with Gasteiger partial charge in [0.25, 0.3) is 0 Å². The second-order valence-corrected chi connectivity index (χ2v) is 7.59. The molecule has 0 aromatic carbocycles. The molecule has 0 unspecified atom stereocenters. The maximum Gasteiger partial charge on any atom is 0.226 e. The monoisotopic (exact) mass is 324 g/mol. The first-order valence-electron chi connectivity index (χ1n) is 9.48. The molecule has 0 bridgehead atoms. The van der Waals surface area contributed by atoms with E-state index < -0.39 is 0 Å². The minimum Gasteiger partial charge on any atom is -0.369 e. The molecule has 0 aromatic rings. The van der Waals surface area contributed by atoms with Gasteiger partial charge in [-0.05, 0) is 37.5 Å². The number of likely N-dealkylation sites (tertiary alicyclic amines) is 1. The van der Waals surface area contributed by atoms with Gasteiger partial charge in [0.05, 0.1) is 0 Å². The fourth-order valence-corrected chi connectivity index (χ4v) is 3.88. The minimum atomic E-state index is -0.316. The molecule has 1 aliphatic heterocycles. The molecule has 0 aliphatic carbocycles. The van der Waals surface area contributed by atoms with E-state index in [0.29, 0.717) is 12.3 Å². The van der Waals surface area contributed by atoms with E-state index in [2.05, 4.69) is 20.8 Å². The first kappa shape index (κ1) is 20.0.